The van der Waals surface area contributed by atoms with Crippen molar-refractivity contribution >= 4 is 11.6 Å². The normalized spacial score (nSPS) is 10.6. The fourth-order valence-corrected chi connectivity index (χ4v) is 2.02. The van der Waals surface area contributed by atoms with Crippen molar-refractivity contribution in [2.75, 3.05) is 13.7 Å². The zero-order chi connectivity index (χ0) is 14.4. The number of ether oxygens (including phenoxy) is 2. The summed E-state index contributed by atoms with van der Waals surface area (Å²) >= 11 is 6.09. The lowest BCUT2D eigenvalue weighted by Gasteiger charge is -2.15. The van der Waals surface area contributed by atoms with Crippen LogP contribution in [0.15, 0.2) is 28.9 Å². The van der Waals surface area contributed by atoms with Gasteiger partial charge in [-0.25, -0.2) is 0 Å². The van der Waals surface area contributed by atoms with Crippen molar-refractivity contribution in [2.24, 2.45) is 0 Å². The number of halogens is 1. The van der Waals surface area contributed by atoms with E-state index in [0.29, 0.717) is 28.8 Å². The molecule has 2 aromatic rings. The van der Waals surface area contributed by atoms with Gasteiger partial charge in [0.1, 0.15) is 6.61 Å². The first-order valence-electron chi connectivity index (χ1n) is 6.34. The predicted octanol–water partition coefficient (Wildman–Crippen LogP) is 3.03. The molecule has 0 radical (unpaired) electrons. The number of rotatable bonds is 7. The number of hydrogen-bond donors (Lipinski definition) is 1. The van der Waals surface area contributed by atoms with Crippen LogP contribution in [-0.2, 0) is 13.2 Å². The first-order valence-corrected chi connectivity index (χ1v) is 6.72. The molecule has 0 spiro atoms. The third-order valence-corrected chi connectivity index (χ3v) is 2.95. The van der Waals surface area contributed by atoms with Crippen molar-refractivity contribution < 1.29 is 14.0 Å². The molecule has 108 valence electrons. The van der Waals surface area contributed by atoms with Gasteiger partial charge in [-0.05, 0) is 12.6 Å². The van der Waals surface area contributed by atoms with Crippen LogP contribution < -0.4 is 14.8 Å². The Morgan fingerprint density at radius 2 is 2.25 bits per heavy atom. The molecule has 0 fully saturated rings. The highest BCUT2D eigenvalue weighted by Gasteiger charge is 2.13. The average molecular weight is 297 g/mol. The van der Waals surface area contributed by atoms with E-state index in [0.717, 1.165) is 12.1 Å². The highest BCUT2D eigenvalue weighted by molar-refractivity contribution is 6.30. The molecule has 6 heteroatoms. The minimum absolute atomic E-state index is 0.289. The third kappa shape index (κ3) is 3.65. The van der Waals surface area contributed by atoms with Crippen molar-refractivity contribution in [1.82, 2.24) is 10.5 Å². The van der Waals surface area contributed by atoms with Crippen molar-refractivity contribution in [3.63, 3.8) is 0 Å². The maximum atomic E-state index is 6.09. The maximum absolute atomic E-state index is 6.09. The molecule has 0 unspecified atom stereocenters. The first-order chi connectivity index (χ1) is 9.74. The molecular formula is C14H17ClN2O3. The molecule has 1 N–H and O–H groups in total. The SMILES string of the molecule is CCNCc1cc(Cl)cc(OC)c1OCc1ccno1. The Balaban J connectivity index is 2.22. The summed E-state index contributed by atoms with van der Waals surface area (Å²) in [6, 6.07) is 5.35. The van der Waals surface area contributed by atoms with Gasteiger partial charge < -0.3 is 19.3 Å². The zero-order valence-electron chi connectivity index (χ0n) is 11.5. The molecule has 1 aromatic heterocycles. The van der Waals surface area contributed by atoms with E-state index in [1.165, 1.54) is 0 Å². The molecular weight excluding hydrogens is 280 g/mol. The summed E-state index contributed by atoms with van der Waals surface area (Å²) < 4.78 is 16.1. The second-order valence-electron chi connectivity index (χ2n) is 4.14. The van der Waals surface area contributed by atoms with E-state index in [1.54, 1.807) is 25.4 Å². The summed E-state index contributed by atoms with van der Waals surface area (Å²) in [6.45, 7) is 3.84. The van der Waals surface area contributed by atoms with Gasteiger partial charge in [0.15, 0.2) is 17.3 Å². The lowest BCUT2D eigenvalue weighted by molar-refractivity contribution is 0.237. The van der Waals surface area contributed by atoms with Gasteiger partial charge in [0.2, 0.25) is 0 Å². The number of benzene rings is 1. The summed E-state index contributed by atoms with van der Waals surface area (Å²) in [6.07, 6.45) is 1.58. The molecule has 1 heterocycles. The number of nitrogens with one attached hydrogen (secondary N) is 1. The van der Waals surface area contributed by atoms with Crippen molar-refractivity contribution in [1.29, 1.82) is 0 Å². The number of hydrogen-bond acceptors (Lipinski definition) is 5. The fourth-order valence-electron chi connectivity index (χ4n) is 1.79. The molecule has 0 aliphatic carbocycles. The maximum Gasteiger partial charge on any atom is 0.174 e. The lowest BCUT2D eigenvalue weighted by Crippen LogP contribution is -2.13. The van der Waals surface area contributed by atoms with E-state index < -0.39 is 0 Å². The van der Waals surface area contributed by atoms with E-state index in [1.807, 2.05) is 13.0 Å². The highest BCUT2D eigenvalue weighted by atomic mass is 35.5. The van der Waals surface area contributed by atoms with Gasteiger partial charge >= 0.3 is 0 Å². The monoisotopic (exact) mass is 296 g/mol. The highest BCUT2D eigenvalue weighted by Crippen LogP contribution is 2.35. The zero-order valence-corrected chi connectivity index (χ0v) is 12.2. The van der Waals surface area contributed by atoms with Crippen LogP contribution in [-0.4, -0.2) is 18.8 Å². The van der Waals surface area contributed by atoms with Gasteiger partial charge in [0.25, 0.3) is 0 Å². The Kier molecular flexibility index (Phi) is 5.26. The van der Waals surface area contributed by atoms with Crippen molar-refractivity contribution in [3.8, 4) is 11.5 Å². The number of methoxy groups -OCH3 is 1. The summed E-state index contributed by atoms with van der Waals surface area (Å²) in [4.78, 5) is 0. The summed E-state index contributed by atoms with van der Waals surface area (Å²) in [5.41, 5.74) is 0.940. The Labute approximate surface area is 122 Å². The van der Waals surface area contributed by atoms with Crippen LogP contribution in [0.2, 0.25) is 5.02 Å². The average Bonchev–Trinajstić information content (AvgIpc) is 2.96. The Bertz CT molecular complexity index is 544. The predicted molar refractivity (Wildman–Crippen MR) is 76.2 cm³/mol. The Morgan fingerprint density at radius 1 is 1.40 bits per heavy atom. The molecule has 0 atom stereocenters. The fraction of sp³-hybridized carbons (Fsp3) is 0.357. The third-order valence-electron chi connectivity index (χ3n) is 2.73. The largest absolute Gasteiger partial charge is 0.493 e. The second-order valence-corrected chi connectivity index (χ2v) is 4.58. The molecule has 1 aromatic carbocycles. The Morgan fingerprint density at radius 3 is 2.90 bits per heavy atom. The summed E-state index contributed by atoms with van der Waals surface area (Å²) in [7, 11) is 1.59. The molecule has 5 nitrogen and oxygen atoms in total. The van der Waals surface area contributed by atoms with Crippen LogP contribution >= 0.6 is 11.6 Å². The standard InChI is InChI=1S/C14H17ClN2O3/c1-3-16-8-10-6-11(15)7-13(18-2)14(10)19-9-12-4-5-17-20-12/h4-7,16H,3,8-9H2,1-2H3. The number of aromatic nitrogens is 1. The van der Waals surface area contributed by atoms with Crippen LogP contribution in [0.5, 0.6) is 11.5 Å². The van der Waals surface area contributed by atoms with Crippen LogP contribution in [0.25, 0.3) is 0 Å². The topological polar surface area (TPSA) is 56.5 Å². The molecule has 0 aliphatic heterocycles. The van der Waals surface area contributed by atoms with Crippen LogP contribution in [0.3, 0.4) is 0 Å². The van der Waals surface area contributed by atoms with Gasteiger partial charge in [-0.3, -0.25) is 0 Å². The minimum Gasteiger partial charge on any atom is -0.493 e. The van der Waals surface area contributed by atoms with E-state index in [-0.39, 0.29) is 6.61 Å². The van der Waals surface area contributed by atoms with Crippen molar-refractivity contribution in [3.05, 3.63) is 40.7 Å². The van der Waals surface area contributed by atoms with Crippen LogP contribution in [0.4, 0.5) is 0 Å². The summed E-state index contributed by atoms with van der Waals surface area (Å²) in [5.74, 6) is 1.91. The first kappa shape index (κ1) is 14.7. The van der Waals surface area contributed by atoms with Gasteiger partial charge in [0.05, 0.1) is 13.3 Å². The van der Waals surface area contributed by atoms with E-state index >= 15 is 0 Å². The van der Waals surface area contributed by atoms with Gasteiger partial charge in [-0.2, -0.15) is 0 Å². The molecule has 2 rings (SSSR count). The van der Waals surface area contributed by atoms with Crippen LogP contribution in [0, 0.1) is 0 Å². The smallest absolute Gasteiger partial charge is 0.174 e. The van der Waals surface area contributed by atoms with Crippen molar-refractivity contribution in [2.45, 2.75) is 20.1 Å². The quantitative estimate of drug-likeness (QED) is 0.851. The molecule has 0 amide bonds. The second kappa shape index (κ2) is 7.17. The minimum atomic E-state index is 0.289. The Hall–Kier alpha value is -1.72. The lowest BCUT2D eigenvalue weighted by atomic mass is 10.2. The van der Waals surface area contributed by atoms with E-state index in [4.69, 9.17) is 25.6 Å². The van der Waals surface area contributed by atoms with Gasteiger partial charge in [0, 0.05) is 29.3 Å². The van der Waals surface area contributed by atoms with Gasteiger partial charge in [-0.15, -0.1) is 0 Å². The molecule has 0 aliphatic rings. The molecule has 0 saturated heterocycles. The molecule has 20 heavy (non-hydrogen) atoms. The van der Waals surface area contributed by atoms with E-state index in [9.17, 15) is 0 Å². The van der Waals surface area contributed by atoms with Gasteiger partial charge in [-0.1, -0.05) is 23.7 Å². The van der Waals surface area contributed by atoms with Crippen LogP contribution in [0.1, 0.15) is 18.2 Å². The molecule has 0 bridgehead atoms. The number of nitrogens with zero attached hydrogens (tertiary/aromatic N) is 1. The van der Waals surface area contributed by atoms with E-state index in [2.05, 4.69) is 10.5 Å². The molecule has 0 saturated carbocycles. The summed E-state index contributed by atoms with van der Waals surface area (Å²) in [5, 5.41) is 7.50.